The molecule has 0 spiro atoms. The van der Waals surface area contributed by atoms with Gasteiger partial charge >= 0.3 is 11.9 Å². The molecule has 0 aliphatic heterocycles. The van der Waals surface area contributed by atoms with Gasteiger partial charge in [-0.15, -0.1) is 0 Å². The highest BCUT2D eigenvalue weighted by Crippen LogP contribution is 2.11. The Morgan fingerprint density at radius 1 is 1.26 bits per heavy atom. The first-order valence-electron chi connectivity index (χ1n) is 6.27. The summed E-state index contributed by atoms with van der Waals surface area (Å²) in [6.45, 7) is 2.01. The molecule has 4 heteroatoms. The van der Waals surface area contributed by atoms with Crippen LogP contribution >= 0.6 is 0 Å². The first kappa shape index (κ1) is 15.0. The third kappa shape index (κ3) is 6.41. The molecule has 0 saturated carbocycles. The van der Waals surface area contributed by atoms with Crippen LogP contribution in [-0.4, -0.2) is 23.1 Å². The lowest BCUT2D eigenvalue weighted by Gasteiger charge is -2.16. The summed E-state index contributed by atoms with van der Waals surface area (Å²) >= 11 is 0. The Morgan fingerprint density at radius 2 is 1.95 bits per heavy atom. The van der Waals surface area contributed by atoms with Crippen molar-refractivity contribution in [2.75, 3.05) is 0 Å². The van der Waals surface area contributed by atoms with Crippen molar-refractivity contribution in [3.05, 3.63) is 48.0 Å². The molecule has 0 amide bonds. The normalized spacial score (nSPS) is 12.3. The minimum atomic E-state index is -1.16. The van der Waals surface area contributed by atoms with E-state index < -0.39 is 11.9 Å². The van der Waals surface area contributed by atoms with Gasteiger partial charge in [-0.25, -0.2) is 9.59 Å². The van der Waals surface area contributed by atoms with Crippen LogP contribution in [0, 0.1) is 0 Å². The van der Waals surface area contributed by atoms with E-state index in [0.717, 1.165) is 30.6 Å². The summed E-state index contributed by atoms with van der Waals surface area (Å²) in [6, 6.07) is 9.75. The van der Waals surface area contributed by atoms with Crippen molar-refractivity contribution in [2.45, 2.75) is 32.3 Å². The van der Waals surface area contributed by atoms with Gasteiger partial charge < -0.3 is 9.84 Å². The van der Waals surface area contributed by atoms with Crippen molar-refractivity contribution in [3.8, 4) is 0 Å². The summed E-state index contributed by atoms with van der Waals surface area (Å²) in [5.41, 5.74) is 1.09. The maximum atomic E-state index is 11.5. The van der Waals surface area contributed by atoms with Crippen LogP contribution in [0.25, 0.3) is 0 Å². The van der Waals surface area contributed by atoms with E-state index in [-0.39, 0.29) is 6.10 Å². The lowest BCUT2D eigenvalue weighted by Crippen LogP contribution is -2.19. The van der Waals surface area contributed by atoms with E-state index in [4.69, 9.17) is 9.84 Å². The molecule has 1 aromatic rings. The molecule has 0 saturated heterocycles. The highest BCUT2D eigenvalue weighted by atomic mass is 16.5. The molecule has 1 unspecified atom stereocenters. The topological polar surface area (TPSA) is 63.6 Å². The Hall–Kier alpha value is -2.10. The zero-order valence-corrected chi connectivity index (χ0v) is 10.9. The Bertz CT molecular complexity index is 437. The molecule has 0 bridgehead atoms. The number of carbonyl (C=O) groups is 2. The summed E-state index contributed by atoms with van der Waals surface area (Å²) in [4.78, 5) is 21.8. The highest BCUT2D eigenvalue weighted by molar-refractivity contribution is 5.90. The number of hydrogen-bond donors (Lipinski definition) is 1. The second kappa shape index (κ2) is 8.08. The van der Waals surface area contributed by atoms with Gasteiger partial charge in [0.25, 0.3) is 0 Å². The first-order valence-corrected chi connectivity index (χ1v) is 6.27. The van der Waals surface area contributed by atoms with Crippen LogP contribution in [0.4, 0.5) is 0 Å². The van der Waals surface area contributed by atoms with Gasteiger partial charge in [-0.3, -0.25) is 0 Å². The molecular formula is C15H18O4. The van der Waals surface area contributed by atoms with Crippen LogP contribution < -0.4 is 0 Å². The standard InChI is InChI=1S/C15H18O4/c1-2-6-13(11-12-7-4-3-5-8-12)19-15(18)10-9-14(16)17/h3-5,7-10,13H,2,6,11H2,1H3,(H,16,17)/b10-9-. The molecule has 0 aliphatic carbocycles. The molecule has 0 aliphatic rings. The van der Waals surface area contributed by atoms with Crippen LogP contribution in [-0.2, 0) is 20.7 Å². The lowest BCUT2D eigenvalue weighted by atomic mass is 10.0. The van der Waals surface area contributed by atoms with Crippen molar-refractivity contribution < 1.29 is 19.4 Å². The van der Waals surface area contributed by atoms with Crippen molar-refractivity contribution in [2.24, 2.45) is 0 Å². The van der Waals surface area contributed by atoms with Gasteiger partial charge in [0.1, 0.15) is 6.10 Å². The third-order valence-corrected chi connectivity index (χ3v) is 2.56. The van der Waals surface area contributed by atoms with Gasteiger partial charge in [0, 0.05) is 18.6 Å². The molecule has 1 rings (SSSR count). The number of carboxylic acid groups (broad SMARTS) is 1. The fourth-order valence-electron chi connectivity index (χ4n) is 1.74. The zero-order valence-electron chi connectivity index (χ0n) is 10.9. The molecular weight excluding hydrogens is 244 g/mol. The summed E-state index contributed by atoms with van der Waals surface area (Å²) in [7, 11) is 0. The number of carboxylic acids is 1. The van der Waals surface area contributed by atoms with E-state index in [0.29, 0.717) is 6.42 Å². The van der Waals surface area contributed by atoms with Crippen LogP contribution in [0.1, 0.15) is 25.3 Å². The number of hydrogen-bond acceptors (Lipinski definition) is 3. The average molecular weight is 262 g/mol. The van der Waals surface area contributed by atoms with E-state index in [1.165, 1.54) is 0 Å². The van der Waals surface area contributed by atoms with E-state index in [2.05, 4.69) is 0 Å². The Labute approximate surface area is 112 Å². The van der Waals surface area contributed by atoms with Gasteiger partial charge in [0.15, 0.2) is 0 Å². The van der Waals surface area contributed by atoms with E-state index in [1.54, 1.807) is 0 Å². The van der Waals surface area contributed by atoms with Crippen molar-refractivity contribution in [1.82, 2.24) is 0 Å². The number of benzene rings is 1. The van der Waals surface area contributed by atoms with Crippen LogP contribution in [0.15, 0.2) is 42.5 Å². The molecule has 1 aromatic carbocycles. The largest absolute Gasteiger partial charge is 0.478 e. The van der Waals surface area contributed by atoms with Gasteiger partial charge in [-0.05, 0) is 12.0 Å². The quantitative estimate of drug-likeness (QED) is 0.606. The lowest BCUT2D eigenvalue weighted by molar-refractivity contribution is -0.143. The van der Waals surface area contributed by atoms with Crippen LogP contribution in [0.5, 0.6) is 0 Å². The minimum Gasteiger partial charge on any atom is -0.478 e. The Kier molecular flexibility index (Phi) is 6.36. The number of carbonyl (C=O) groups excluding carboxylic acids is 1. The smallest absolute Gasteiger partial charge is 0.331 e. The molecule has 1 N–H and O–H groups in total. The molecule has 1 atom stereocenters. The maximum absolute atomic E-state index is 11.5. The number of rotatable bonds is 7. The highest BCUT2D eigenvalue weighted by Gasteiger charge is 2.12. The molecule has 0 aromatic heterocycles. The molecule has 102 valence electrons. The van der Waals surface area contributed by atoms with Crippen molar-refractivity contribution >= 4 is 11.9 Å². The fourth-order valence-corrected chi connectivity index (χ4v) is 1.74. The second-order valence-electron chi connectivity index (χ2n) is 4.21. The number of ether oxygens (including phenoxy) is 1. The Balaban J connectivity index is 2.57. The molecule has 0 heterocycles. The third-order valence-electron chi connectivity index (χ3n) is 2.56. The summed E-state index contributed by atoms with van der Waals surface area (Å²) in [5, 5.41) is 8.44. The maximum Gasteiger partial charge on any atom is 0.331 e. The predicted molar refractivity (Wildman–Crippen MR) is 71.7 cm³/mol. The fraction of sp³-hybridized carbons (Fsp3) is 0.333. The average Bonchev–Trinajstić information content (AvgIpc) is 2.38. The van der Waals surface area contributed by atoms with E-state index >= 15 is 0 Å². The zero-order chi connectivity index (χ0) is 14.1. The van der Waals surface area contributed by atoms with Gasteiger partial charge in [-0.1, -0.05) is 43.7 Å². The number of aliphatic carboxylic acids is 1. The number of esters is 1. The van der Waals surface area contributed by atoms with E-state index in [1.807, 2.05) is 37.3 Å². The van der Waals surface area contributed by atoms with Crippen LogP contribution in [0.2, 0.25) is 0 Å². The minimum absolute atomic E-state index is 0.224. The van der Waals surface area contributed by atoms with E-state index in [9.17, 15) is 9.59 Å². The van der Waals surface area contributed by atoms with Crippen LogP contribution in [0.3, 0.4) is 0 Å². The van der Waals surface area contributed by atoms with Gasteiger partial charge in [0.2, 0.25) is 0 Å². The molecule has 0 fully saturated rings. The first-order chi connectivity index (χ1) is 9.11. The second-order valence-corrected chi connectivity index (χ2v) is 4.21. The van der Waals surface area contributed by atoms with Crippen molar-refractivity contribution in [3.63, 3.8) is 0 Å². The molecule has 19 heavy (non-hydrogen) atoms. The summed E-state index contributed by atoms with van der Waals surface area (Å²) < 4.78 is 5.26. The van der Waals surface area contributed by atoms with Gasteiger partial charge in [-0.2, -0.15) is 0 Å². The van der Waals surface area contributed by atoms with Gasteiger partial charge in [0.05, 0.1) is 0 Å². The monoisotopic (exact) mass is 262 g/mol. The summed E-state index contributed by atoms with van der Waals surface area (Å²) in [5.74, 6) is -1.77. The Morgan fingerprint density at radius 3 is 2.53 bits per heavy atom. The molecule has 4 nitrogen and oxygen atoms in total. The summed E-state index contributed by atoms with van der Waals surface area (Å²) in [6.07, 6.45) is 3.79. The predicted octanol–water partition coefficient (Wildman–Crippen LogP) is 2.58. The SMILES string of the molecule is CCCC(Cc1ccccc1)OC(=O)/C=C\C(=O)O. The van der Waals surface area contributed by atoms with Crippen molar-refractivity contribution in [1.29, 1.82) is 0 Å². The molecule has 0 radical (unpaired) electrons.